The van der Waals surface area contributed by atoms with Gasteiger partial charge in [0.1, 0.15) is 0 Å². The monoisotopic (exact) mass is 248 g/mol. The average Bonchev–Trinajstić information content (AvgIpc) is 2.75. The molecule has 0 aromatic carbocycles. The Morgan fingerprint density at radius 1 is 1.33 bits per heavy atom. The van der Waals surface area contributed by atoms with Gasteiger partial charge in [-0.1, -0.05) is 24.1 Å². The van der Waals surface area contributed by atoms with Gasteiger partial charge in [0.15, 0.2) is 0 Å². The normalized spacial score (nSPS) is 32.4. The summed E-state index contributed by atoms with van der Waals surface area (Å²) < 4.78 is 4.79. The maximum Gasteiger partial charge on any atom is 0.333 e. The van der Waals surface area contributed by atoms with E-state index in [1.807, 2.05) is 6.92 Å². The van der Waals surface area contributed by atoms with Crippen LogP contribution in [-0.2, 0) is 9.53 Å². The second kappa shape index (κ2) is 5.29. The lowest BCUT2D eigenvalue weighted by Crippen LogP contribution is -2.23. The van der Waals surface area contributed by atoms with Gasteiger partial charge < -0.3 is 4.74 Å². The maximum absolute atomic E-state index is 11.5. The van der Waals surface area contributed by atoms with Gasteiger partial charge >= 0.3 is 5.97 Å². The number of fused-ring (bicyclic) bond motifs is 1. The molecule has 0 radical (unpaired) electrons. The van der Waals surface area contributed by atoms with Gasteiger partial charge in [0.2, 0.25) is 0 Å². The molecule has 1 saturated carbocycles. The van der Waals surface area contributed by atoms with E-state index in [0.29, 0.717) is 5.92 Å². The second-order valence-electron chi connectivity index (χ2n) is 5.88. The van der Waals surface area contributed by atoms with Crippen LogP contribution in [0, 0.1) is 17.8 Å². The fourth-order valence-corrected chi connectivity index (χ4v) is 3.67. The molecule has 3 unspecified atom stereocenters. The Morgan fingerprint density at radius 2 is 2.06 bits per heavy atom. The van der Waals surface area contributed by atoms with E-state index in [2.05, 4.69) is 19.9 Å². The van der Waals surface area contributed by atoms with E-state index in [-0.39, 0.29) is 5.97 Å². The molecule has 100 valence electrons. The van der Waals surface area contributed by atoms with Gasteiger partial charge in [-0.2, -0.15) is 0 Å². The van der Waals surface area contributed by atoms with Crippen LogP contribution in [0.2, 0.25) is 0 Å². The zero-order valence-electron chi connectivity index (χ0n) is 12.0. The highest BCUT2D eigenvalue weighted by atomic mass is 16.5. The van der Waals surface area contributed by atoms with E-state index in [0.717, 1.165) is 17.4 Å². The summed E-state index contributed by atoms with van der Waals surface area (Å²) in [7, 11) is 1.45. The number of carbonyl (C=O) groups excluding carboxylic acids is 1. The van der Waals surface area contributed by atoms with E-state index in [1.165, 1.54) is 32.8 Å². The number of ether oxygens (including phenoxy) is 1. The molecule has 0 aromatic rings. The zero-order valence-corrected chi connectivity index (χ0v) is 12.0. The highest BCUT2D eigenvalue weighted by Gasteiger charge is 2.36. The Morgan fingerprint density at radius 3 is 2.72 bits per heavy atom. The van der Waals surface area contributed by atoms with Crippen molar-refractivity contribution >= 4 is 5.97 Å². The molecule has 0 heterocycles. The van der Waals surface area contributed by atoms with Crippen LogP contribution in [0.25, 0.3) is 0 Å². The van der Waals surface area contributed by atoms with Gasteiger partial charge in [-0.25, -0.2) is 4.79 Å². The molecule has 0 saturated heterocycles. The van der Waals surface area contributed by atoms with Gasteiger partial charge in [0.05, 0.1) is 7.11 Å². The van der Waals surface area contributed by atoms with Crippen molar-refractivity contribution in [2.45, 2.75) is 46.5 Å². The molecule has 0 aromatic heterocycles. The first-order valence-electron chi connectivity index (χ1n) is 7.00. The predicted octanol–water partition coefficient (Wildman–Crippen LogP) is 3.88. The molecule has 0 N–H and O–H groups in total. The molecule has 1 fully saturated rings. The van der Waals surface area contributed by atoms with E-state index < -0.39 is 0 Å². The molecular formula is C16H24O2. The lowest BCUT2D eigenvalue weighted by Gasteiger charge is -2.34. The summed E-state index contributed by atoms with van der Waals surface area (Å²) in [6, 6.07) is 0. The number of hydrogen-bond donors (Lipinski definition) is 0. The first-order valence-corrected chi connectivity index (χ1v) is 7.00. The summed E-state index contributed by atoms with van der Waals surface area (Å²) in [6.45, 7) is 6.50. The number of esters is 1. The number of methoxy groups -OCH3 is 1. The smallest absolute Gasteiger partial charge is 0.333 e. The summed E-state index contributed by atoms with van der Waals surface area (Å²) in [5, 5.41) is 0. The molecular weight excluding hydrogens is 224 g/mol. The number of allylic oxidation sites excluding steroid dienone is 3. The SMILES string of the molecule is COC(=O)C(C)=CC1CCC(C)C2CCC(C)=C12. The van der Waals surface area contributed by atoms with Crippen LogP contribution in [-0.4, -0.2) is 13.1 Å². The topological polar surface area (TPSA) is 26.3 Å². The summed E-state index contributed by atoms with van der Waals surface area (Å²) in [5.74, 6) is 1.83. The third kappa shape index (κ3) is 2.38. The van der Waals surface area contributed by atoms with Gasteiger partial charge in [-0.3, -0.25) is 0 Å². The second-order valence-corrected chi connectivity index (χ2v) is 5.88. The highest BCUT2D eigenvalue weighted by Crippen LogP contribution is 2.48. The summed E-state index contributed by atoms with van der Waals surface area (Å²) in [6.07, 6.45) is 7.14. The van der Waals surface area contributed by atoms with E-state index in [9.17, 15) is 4.79 Å². The third-order valence-electron chi connectivity index (χ3n) is 4.70. The minimum Gasteiger partial charge on any atom is -0.466 e. The van der Waals surface area contributed by atoms with Crippen LogP contribution in [0.3, 0.4) is 0 Å². The largest absolute Gasteiger partial charge is 0.466 e. The molecule has 0 spiro atoms. The van der Waals surface area contributed by atoms with Crippen molar-refractivity contribution < 1.29 is 9.53 Å². The van der Waals surface area contributed by atoms with E-state index >= 15 is 0 Å². The quantitative estimate of drug-likeness (QED) is 0.421. The van der Waals surface area contributed by atoms with Gasteiger partial charge in [-0.15, -0.1) is 0 Å². The lowest BCUT2D eigenvalue weighted by molar-refractivity contribution is -0.136. The Hall–Kier alpha value is -1.05. The molecule has 2 heteroatoms. The molecule has 2 rings (SSSR count). The fraction of sp³-hybridized carbons (Fsp3) is 0.688. The highest BCUT2D eigenvalue weighted by molar-refractivity contribution is 5.87. The minimum absolute atomic E-state index is 0.193. The van der Waals surface area contributed by atoms with Gasteiger partial charge in [0, 0.05) is 5.57 Å². The van der Waals surface area contributed by atoms with Crippen LogP contribution in [0.5, 0.6) is 0 Å². The van der Waals surface area contributed by atoms with Crippen molar-refractivity contribution in [3.8, 4) is 0 Å². The Labute approximate surface area is 110 Å². The molecule has 2 aliphatic carbocycles. The average molecular weight is 248 g/mol. The van der Waals surface area contributed by atoms with E-state index in [1.54, 1.807) is 11.1 Å². The molecule has 2 nitrogen and oxygen atoms in total. The van der Waals surface area contributed by atoms with Crippen LogP contribution < -0.4 is 0 Å². The van der Waals surface area contributed by atoms with Crippen molar-refractivity contribution in [3.05, 3.63) is 22.8 Å². The predicted molar refractivity (Wildman–Crippen MR) is 73.1 cm³/mol. The van der Waals surface area contributed by atoms with Crippen molar-refractivity contribution in [2.75, 3.05) is 7.11 Å². The van der Waals surface area contributed by atoms with Crippen molar-refractivity contribution in [3.63, 3.8) is 0 Å². The summed E-state index contributed by atoms with van der Waals surface area (Å²) in [4.78, 5) is 11.5. The molecule has 3 atom stereocenters. The molecule has 0 amide bonds. The summed E-state index contributed by atoms with van der Waals surface area (Å²) >= 11 is 0. The Balaban J connectivity index is 2.24. The molecule has 0 aliphatic heterocycles. The van der Waals surface area contributed by atoms with Crippen molar-refractivity contribution in [1.29, 1.82) is 0 Å². The Bertz CT molecular complexity index is 403. The summed E-state index contributed by atoms with van der Waals surface area (Å²) in [5.41, 5.74) is 3.94. The number of rotatable bonds is 2. The standard InChI is InChI=1S/C16H24O2/c1-10-5-7-13(9-12(3)16(17)18-4)15-11(2)6-8-14(10)15/h9-10,13-14H,5-8H2,1-4H3. The van der Waals surface area contributed by atoms with Crippen LogP contribution >= 0.6 is 0 Å². The molecule has 18 heavy (non-hydrogen) atoms. The van der Waals surface area contributed by atoms with Crippen LogP contribution in [0.4, 0.5) is 0 Å². The Kier molecular flexibility index (Phi) is 3.94. The van der Waals surface area contributed by atoms with Crippen molar-refractivity contribution in [1.82, 2.24) is 0 Å². The maximum atomic E-state index is 11.5. The molecule has 2 aliphatic rings. The first-order chi connectivity index (χ1) is 8.54. The van der Waals surface area contributed by atoms with Crippen LogP contribution in [0.15, 0.2) is 22.8 Å². The fourth-order valence-electron chi connectivity index (χ4n) is 3.67. The number of hydrogen-bond acceptors (Lipinski definition) is 2. The van der Waals surface area contributed by atoms with Gasteiger partial charge in [-0.05, 0) is 57.3 Å². The lowest BCUT2D eigenvalue weighted by atomic mass is 9.71. The van der Waals surface area contributed by atoms with E-state index in [4.69, 9.17) is 4.74 Å². The number of carbonyl (C=O) groups is 1. The minimum atomic E-state index is -0.193. The van der Waals surface area contributed by atoms with Crippen molar-refractivity contribution in [2.24, 2.45) is 17.8 Å². The molecule has 0 bridgehead atoms. The van der Waals surface area contributed by atoms with Crippen LogP contribution in [0.1, 0.15) is 46.5 Å². The first kappa shape index (κ1) is 13.4. The van der Waals surface area contributed by atoms with Gasteiger partial charge in [0.25, 0.3) is 0 Å². The zero-order chi connectivity index (χ0) is 13.3. The third-order valence-corrected chi connectivity index (χ3v) is 4.70.